The first-order valence-electron chi connectivity index (χ1n) is 5.51. The lowest BCUT2D eigenvalue weighted by Crippen LogP contribution is -2.23. The number of pyridine rings is 1. The van der Waals surface area contributed by atoms with Crippen molar-refractivity contribution >= 4 is 18.0 Å². The molecule has 94 valence electrons. The van der Waals surface area contributed by atoms with E-state index in [9.17, 15) is 14.4 Å². The van der Waals surface area contributed by atoms with Gasteiger partial charge in [0.15, 0.2) is 0 Å². The Balaban J connectivity index is 2.07. The number of carbonyl (C=O) groups excluding carboxylic acids is 1. The molecule has 1 aromatic heterocycles. The molecule has 0 saturated heterocycles. The monoisotopic (exact) mass is 248 g/mol. The Bertz CT molecular complexity index is 570. The van der Waals surface area contributed by atoms with E-state index in [1.165, 1.54) is 24.3 Å². The van der Waals surface area contributed by atoms with Crippen LogP contribution in [-0.4, -0.2) is 28.0 Å². The fourth-order valence-electron chi connectivity index (χ4n) is 1.40. The molecule has 6 nitrogen and oxygen atoms in total. The Hall–Kier alpha value is -2.37. The van der Waals surface area contributed by atoms with Gasteiger partial charge >= 0.3 is 5.97 Å². The maximum atomic E-state index is 11.3. The van der Waals surface area contributed by atoms with Crippen LogP contribution in [-0.2, 0) is 4.79 Å². The van der Waals surface area contributed by atoms with Crippen LogP contribution < -0.4 is 10.9 Å². The summed E-state index contributed by atoms with van der Waals surface area (Å²) in [5, 5.41) is 11.4. The van der Waals surface area contributed by atoms with Crippen LogP contribution in [0.15, 0.2) is 23.0 Å². The normalized spacial score (nSPS) is 14.7. The fourth-order valence-corrected chi connectivity index (χ4v) is 1.40. The first-order valence-corrected chi connectivity index (χ1v) is 5.51. The van der Waals surface area contributed by atoms with E-state index in [1.807, 2.05) is 0 Å². The molecule has 0 aromatic carbocycles. The zero-order valence-corrected chi connectivity index (χ0v) is 9.47. The maximum Gasteiger partial charge on any atom is 0.341 e. The van der Waals surface area contributed by atoms with Crippen molar-refractivity contribution in [3.63, 3.8) is 0 Å². The van der Waals surface area contributed by atoms with Gasteiger partial charge < -0.3 is 15.4 Å². The van der Waals surface area contributed by atoms with Crippen molar-refractivity contribution in [1.29, 1.82) is 0 Å². The van der Waals surface area contributed by atoms with E-state index in [2.05, 4.69) is 10.3 Å². The third kappa shape index (κ3) is 3.07. The van der Waals surface area contributed by atoms with Gasteiger partial charge in [0, 0.05) is 17.8 Å². The number of aromatic carboxylic acids is 1. The number of carbonyl (C=O) groups is 2. The minimum Gasteiger partial charge on any atom is -0.477 e. The number of H-pyrrole nitrogens is 1. The number of nitrogens with one attached hydrogen (secondary N) is 2. The Morgan fingerprint density at radius 3 is 2.67 bits per heavy atom. The molecule has 2 rings (SSSR count). The molecule has 1 aliphatic rings. The summed E-state index contributed by atoms with van der Waals surface area (Å²) < 4.78 is 0. The third-order valence-electron chi connectivity index (χ3n) is 2.50. The molecule has 1 saturated carbocycles. The van der Waals surface area contributed by atoms with E-state index >= 15 is 0 Å². The van der Waals surface area contributed by atoms with E-state index in [1.54, 1.807) is 0 Å². The SMILES string of the molecule is O=C(/C=C/c1ccc(C(=O)O)c(=O)[nH]1)NC1CC1. The summed E-state index contributed by atoms with van der Waals surface area (Å²) in [4.78, 5) is 35.7. The van der Waals surface area contributed by atoms with Crippen molar-refractivity contribution in [3.05, 3.63) is 39.8 Å². The van der Waals surface area contributed by atoms with Crippen LogP contribution in [0.5, 0.6) is 0 Å². The smallest absolute Gasteiger partial charge is 0.341 e. The van der Waals surface area contributed by atoms with Crippen molar-refractivity contribution in [2.75, 3.05) is 0 Å². The maximum absolute atomic E-state index is 11.3. The van der Waals surface area contributed by atoms with Crippen molar-refractivity contribution in [2.24, 2.45) is 0 Å². The first-order chi connectivity index (χ1) is 8.56. The predicted molar refractivity (Wildman–Crippen MR) is 64.2 cm³/mol. The average Bonchev–Trinajstić information content (AvgIpc) is 3.10. The summed E-state index contributed by atoms with van der Waals surface area (Å²) in [5.41, 5.74) is -0.627. The minimum absolute atomic E-state index is 0.222. The van der Waals surface area contributed by atoms with Gasteiger partial charge in [0.1, 0.15) is 5.56 Å². The topological polar surface area (TPSA) is 99.3 Å². The number of hydrogen-bond donors (Lipinski definition) is 3. The van der Waals surface area contributed by atoms with E-state index in [-0.39, 0.29) is 17.5 Å². The highest BCUT2D eigenvalue weighted by Gasteiger charge is 2.22. The molecule has 6 heteroatoms. The number of hydrogen-bond acceptors (Lipinski definition) is 3. The number of aromatic nitrogens is 1. The molecule has 1 heterocycles. The number of carboxylic acids is 1. The van der Waals surface area contributed by atoms with Crippen LogP contribution in [0.25, 0.3) is 6.08 Å². The van der Waals surface area contributed by atoms with Gasteiger partial charge in [-0.3, -0.25) is 9.59 Å². The molecule has 0 spiro atoms. The Labute approximate surface area is 102 Å². The summed E-state index contributed by atoms with van der Waals surface area (Å²) in [6.07, 6.45) is 4.75. The number of carboxylic acid groups (broad SMARTS) is 1. The van der Waals surface area contributed by atoms with E-state index in [4.69, 9.17) is 5.11 Å². The first kappa shape index (κ1) is 12.1. The van der Waals surface area contributed by atoms with Gasteiger partial charge in [-0.2, -0.15) is 0 Å². The quantitative estimate of drug-likeness (QED) is 0.670. The molecule has 0 atom stereocenters. The van der Waals surface area contributed by atoms with Gasteiger partial charge in [0.2, 0.25) is 5.91 Å². The summed E-state index contributed by atoms with van der Waals surface area (Å²) in [5.74, 6) is -1.50. The molecular formula is C12H12N2O4. The second kappa shape index (κ2) is 4.87. The Kier molecular flexibility index (Phi) is 3.27. The van der Waals surface area contributed by atoms with Crippen LogP contribution in [0.3, 0.4) is 0 Å². The zero-order valence-electron chi connectivity index (χ0n) is 9.47. The molecule has 1 amide bonds. The zero-order chi connectivity index (χ0) is 13.1. The molecule has 0 unspecified atom stereocenters. The fraction of sp³-hybridized carbons (Fsp3) is 0.250. The second-order valence-electron chi connectivity index (χ2n) is 4.08. The highest BCUT2D eigenvalue weighted by molar-refractivity contribution is 5.92. The van der Waals surface area contributed by atoms with Crippen LogP contribution in [0.1, 0.15) is 28.9 Å². The highest BCUT2D eigenvalue weighted by Crippen LogP contribution is 2.18. The lowest BCUT2D eigenvalue weighted by atomic mass is 10.2. The van der Waals surface area contributed by atoms with Crippen molar-refractivity contribution in [3.8, 4) is 0 Å². The molecule has 1 fully saturated rings. The number of aromatic amines is 1. The average molecular weight is 248 g/mol. The number of amides is 1. The van der Waals surface area contributed by atoms with Crippen LogP contribution in [0.4, 0.5) is 0 Å². The minimum atomic E-state index is -1.28. The van der Waals surface area contributed by atoms with Gasteiger partial charge in [0.25, 0.3) is 5.56 Å². The lowest BCUT2D eigenvalue weighted by Gasteiger charge is -1.98. The van der Waals surface area contributed by atoms with Crippen LogP contribution in [0, 0.1) is 0 Å². The third-order valence-corrected chi connectivity index (χ3v) is 2.50. The highest BCUT2D eigenvalue weighted by atomic mass is 16.4. The van der Waals surface area contributed by atoms with Gasteiger partial charge in [-0.1, -0.05) is 0 Å². The van der Waals surface area contributed by atoms with Crippen LogP contribution >= 0.6 is 0 Å². The number of rotatable bonds is 4. The Morgan fingerprint density at radius 1 is 1.39 bits per heavy atom. The summed E-state index contributed by atoms with van der Waals surface area (Å²) in [6.45, 7) is 0. The van der Waals surface area contributed by atoms with E-state index < -0.39 is 11.5 Å². The van der Waals surface area contributed by atoms with Gasteiger partial charge in [-0.05, 0) is 31.1 Å². The Morgan fingerprint density at radius 2 is 2.11 bits per heavy atom. The second-order valence-corrected chi connectivity index (χ2v) is 4.08. The summed E-state index contributed by atoms with van der Waals surface area (Å²) >= 11 is 0. The molecular weight excluding hydrogens is 236 g/mol. The molecule has 3 N–H and O–H groups in total. The molecule has 0 radical (unpaired) electrons. The summed E-state index contributed by atoms with van der Waals surface area (Å²) in [6, 6.07) is 2.92. The van der Waals surface area contributed by atoms with E-state index in [0.717, 1.165) is 12.8 Å². The molecule has 0 bridgehead atoms. The molecule has 18 heavy (non-hydrogen) atoms. The largest absolute Gasteiger partial charge is 0.477 e. The van der Waals surface area contributed by atoms with Crippen LogP contribution in [0.2, 0.25) is 0 Å². The van der Waals surface area contributed by atoms with E-state index in [0.29, 0.717) is 5.69 Å². The van der Waals surface area contributed by atoms with Gasteiger partial charge in [-0.15, -0.1) is 0 Å². The lowest BCUT2D eigenvalue weighted by molar-refractivity contribution is -0.116. The van der Waals surface area contributed by atoms with Gasteiger partial charge in [0.05, 0.1) is 0 Å². The predicted octanol–water partition coefficient (Wildman–Crippen LogP) is 0.365. The molecule has 1 aliphatic carbocycles. The standard InChI is InChI=1S/C12H12N2O4/c15-10(13-7-1-2-7)6-4-8-3-5-9(12(17)18)11(16)14-8/h3-7H,1-2H2,(H,13,15)(H,14,16)(H,17,18)/b6-4+. The van der Waals surface area contributed by atoms with Crippen molar-refractivity contribution in [1.82, 2.24) is 10.3 Å². The molecule has 1 aromatic rings. The van der Waals surface area contributed by atoms with Crippen molar-refractivity contribution in [2.45, 2.75) is 18.9 Å². The van der Waals surface area contributed by atoms with Gasteiger partial charge in [-0.25, -0.2) is 4.79 Å². The van der Waals surface area contributed by atoms with Crippen molar-refractivity contribution < 1.29 is 14.7 Å². The molecule has 0 aliphatic heterocycles. The summed E-state index contributed by atoms with van der Waals surface area (Å²) in [7, 11) is 0.